The number of nitrogens with two attached hydrogens (primary N) is 1. The Balaban J connectivity index is 3.26. The van der Waals surface area contributed by atoms with Crippen molar-refractivity contribution in [3.8, 4) is 0 Å². The smallest absolute Gasteiger partial charge is 0.0433 e. The molecule has 0 fully saturated rings. The minimum Gasteiger partial charge on any atom is -0.367 e. The molecule has 0 saturated heterocycles. The van der Waals surface area contributed by atoms with Gasteiger partial charge in [0.15, 0.2) is 0 Å². The summed E-state index contributed by atoms with van der Waals surface area (Å²) in [6, 6.07) is 6.96. The Morgan fingerprint density at radius 2 is 1.88 bits per heavy atom. The summed E-state index contributed by atoms with van der Waals surface area (Å²) in [4.78, 5) is 2.42. The largest absolute Gasteiger partial charge is 0.367 e. The topological polar surface area (TPSA) is 29.3 Å². The molecule has 0 aliphatic carbocycles. The van der Waals surface area contributed by atoms with Gasteiger partial charge < -0.3 is 10.6 Å². The van der Waals surface area contributed by atoms with E-state index in [2.05, 4.69) is 57.7 Å². The molecule has 2 N–H and O–H groups in total. The number of anilines is 1. The summed E-state index contributed by atoms with van der Waals surface area (Å²) in [5.74, 6) is 0.545. The summed E-state index contributed by atoms with van der Waals surface area (Å²) in [7, 11) is 0. The molecule has 0 radical (unpaired) electrons. The summed E-state index contributed by atoms with van der Waals surface area (Å²) in [6.45, 7) is 12.8. The first-order chi connectivity index (χ1) is 8.02. The van der Waals surface area contributed by atoms with E-state index < -0.39 is 0 Å². The Morgan fingerprint density at radius 1 is 1.24 bits per heavy atom. The Bertz CT molecular complexity index is 358. The number of nitrogens with zero attached hydrogens (tertiary/aromatic N) is 1. The fourth-order valence-corrected chi connectivity index (χ4v) is 2.36. The van der Waals surface area contributed by atoms with Crippen LogP contribution in [0.2, 0.25) is 0 Å². The minimum atomic E-state index is 0.388. The van der Waals surface area contributed by atoms with Crippen LogP contribution < -0.4 is 10.6 Å². The first-order valence-electron chi connectivity index (χ1n) is 6.59. The lowest BCUT2D eigenvalue weighted by molar-refractivity contribution is 0.649. The van der Waals surface area contributed by atoms with E-state index in [-0.39, 0.29) is 0 Å². The van der Waals surface area contributed by atoms with Gasteiger partial charge in [-0.15, -0.1) is 0 Å². The third kappa shape index (κ3) is 3.01. The van der Waals surface area contributed by atoms with Crippen LogP contribution in [0.5, 0.6) is 0 Å². The van der Waals surface area contributed by atoms with Crippen LogP contribution in [0.25, 0.3) is 0 Å². The zero-order valence-corrected chi connectivity index (χ0v) is 11.8. The van der Waals surface area contributed by atoms with Crippen LogP contribution in [0.4, 0.5) is 5.69 Å². The van der Waals surface area contributed by atoms with E-state index in [4.69, 9.17) is 5.73 Å². The van der Waals surface area contributed by atoms with E-state index in [9.17, 15) is 0 Å². The van der Waals surface area contributed by atoms with Crippen LogP contribution in [0.1, 0.15) is 44.7 Å². The number of para-hydroxylation sites is 1. The molecule has 2 heteroatoms. The van der Waals surface area contributed by atoms with E-state index in [0.717, 1.165) is 6.54 Å². The van der Waals surface area contributed by atoms with Crippen molar-refractivity contribution in [3.63, 3.8) is 0 Å². The Hall–Kier alpha value is -1.02. The van der Waals surface area contributed by atoms with Crippen LogP contribution in [0.3, 0.4) is 0 Å². The molecule has 0 spiro atoms. The van der Waals surface area contributed by atoms with Gasteiger partial charge in [0, 0.05) is 24.8 Å². The summed E-state index contributed by atoms with van der Waals surface area (Å²) >= 11 is 0. The van der Waals surface area contributed by atoms with Crippen molar-refractivity contribution in [1.82, 2.24) is 0 Å². The standard InChI is InChI=1S/C15H26N2/c1-6-17(13(5)10-16)15-12(4)8-7-9-14(15)11(2)3/h7-9,11,13H,6,10,16H2,1-5H3. The molecule has 0 aromatic heterocycles. The molecule has 1 aromatic carbocycles. The van der Waals surface area contributed by atoms with Crippen LogP contribution in [0.15, 0.2) is 18.2 Å². The number of benzene rings is 1. The lowest BCUT2D eigenvalue weighted by Gasteiger charge is -2.33. The summed E-state index contributed by atoms with van der Waals surface area (Å²) < 4.78 is 0. The van der Waals surface area contributed by atoms with Gasteiger partial charge in [0.05, 0.1) is 0 Å². The van der Waals surface area contributed by atoms with Gasteiger partial charge in [-0.05, 0) is 37.8 Å². The quantitative estimate of drug-likeness (QED) is 0.847. The van der Waals surface area contributed by atoms with Crippen molar-refractivity contribution in [1.29, 1.82) is 0 Å². The van der Waals surface area contributed by atoms with Crippen LogP contribution in [-0.4, -0.2) is 19.1 Å². The molecule has 0 aliphatic heterocycles. The zero-order valence-electron chi connectivity index (χ0n) is 11.8. The molecule has 1 atom stereocenters. The number of likely N-dealkylation sites (N-methyl/N-ethyl adjacent to an activating group) is 1. The average Bonchev–Trinajstić information content (AvgIpc) is 2.31. The number of aryl methyl sites for hydroxylation is 1. The van der Waals surface area contributed by atoms with Crippen molar-refractivity contribution in [2.24, 2.45) is 5.73 Å². The minimum absolute atomic E-state index is 0.388. The second-order valence-corrected chi connectivity index (χ2v) is 5.04. The van der Waals surface area contributed by atoms with Gasteiger partial charge in [0.1, 0.15) is 0 Å². The fourth-order valence-electron chi connectivity index (χ4n) is 2.36. The van der Waals surface area contributed by atoms with E-state index >= 15 is 0 Å². The zero-order chi connectivity index (χ0) is 13.0. The van der Waals surface area contributed by atoms with Gasteiger partial charge >= 0.3 is 0 Å². The summed E-state index contributed by atoms with van der Waals surface area (Å²) in [5, 5.41) is 0. The maximum atomic E-state index is 5.82. The first-order valence-corrected chi connectivity index (χ1v) is 6.59. The van der Waals surface area contributed by atoms with Gasteiger partial charge in [-0.3, -0.25) is 0 Å². The lowest BCUT2D eigenvalue weighted by Crippen LogP contribution is -2.39. The Morgan fingerprint density at radius 3 is 2.35 bits per heavy atom. The van der Waals surface area contributed by atoms with Gasteiger partial charge in [-0.25, -0.2) is 0 Å². The van der Waals surface area contributed by atoms with E-state index in [1.54, 1.807) is 0 Å². The van der Waals surface area contributed by atoms with Crippen molar-refractivity contribution < 1.29 is 0 Å². The highest BCUT2D eigenvalue weighted by atomic mass is 15.2. The first kappa shape index (κ1) is 14.0. The van der Waals surface area contributed by atoms with Crippen molar-refractivity contribution in [2.75, 3.05) is 18.0 Å². The highest BCUT2D eigenvalue weighted by molar-refractivity contribution is 5.61. The molecule has 1 rings (SSSR count). The maximum absolute atomic E-state index is 5.82. The van der Waals surface area contributed by atoms with Crippen molar-refractivity contribution in [3.05, 3.63) is 29.3 Å². The maximum Gasteiger partial charge on any atom is 0.0433 e. The van der Waals surface area contributed by atoms with Crippen molar-refractivity contribution >= 4 is 5.69 Å². The summed E-state index contributed by atoms with van der Waals surface area (Å²) in [6.07, 6.45) is 0. The average molecular weight is 234 g/mol. The molecule has 2 nitrogen and oxygen atoms in total. The predicted molar refractivity (Wildman–Crippen MR) is 76.8 cm³/mol. The molecule has 0 heterocycles. The third-order valence-corrected chi connectivity index (χ3v) is 3.39. The van der Waals surface area contributed by atoms with E-state index in [1.165, 1.54) is 16.8 Å². The van der Waals surface area contributed by atoms with Crippen LogP contribution in [-0.2, 0) is 0 Å². The molecule has 0 amide bonds. The van der Waals surface area contributed by atoms with Gasteiger partial charge in [-0.2, -0.15) is 0 Å². The van der Waals surface area contributed by atoms with Crippen molar-refractivity contribution in [2.45, 2.75) is 46.6 Å². The SMILES string of the molecule is CCN(c1c(C)cccc1C(C)C)C(C)CN. The van der Waals surface area contributed by atoms with E-state index in [0.29, 0.717) is 18.5 Å². The molecule has 1 unspecified atom stereocenters. The second kappa shape index (κ2) is 6.06. The van der Waals surface area contributed by atoms with Gasteiger partial charge in [0.2, 0.25) is 0 Å². The molecule has 0 saturated carbocycles. The monoisotopic (exact) mass is 234 g/mol. The molecular formula is C15H26N2. The molecule has 96 valence electrons. The van der Waals surface area contributed by atoms with Gasteiger partial charge in [-0.1, -0.05) is 32.0 Å². The fraction of sp³-hybridized carbons (Fsp3) is 0.600. The number of rotatable bonds is 5. The summed E-state index contributed by atoms with van der Waals surface area (Å²) in [5.41, 5.74) is 9.97. The van der Waals surface area contributed by atoms with Gasteiger partial charge in [0.25, 0.3) is 0 Å². The Labute approximate surface area is 106 Å². The number of hydrogen-bond donors (Lipinski definition) is 1. The molecular weight excluding hydrogens is 208 g/mol. The highest BCUT2D eigenvalue weighted by Crippen LogP contribution is 2.31. The molecule has 1 aromatic rings. The molecule has 0 aliphatic rings. The Kier molecular flexibility index (Phi) is 5.01. The predicted octanol–water partition coefficient (Wildman–Crippen LogP) is 3.29. The number of hydrogen-bond acceptors (Lipinski definition) is 2. The van der Waals surface area contributed by atoms with Crippen LogP contribution >= 0.6 is 0 Å². The van der Waals surface area contributed by atoms with Crippen LogP contribution in [0, 0.1) is 6.92 Å². The lowest BCUT2D eigenvalue weighted by atomic mass is 9.96. The normalized spacial score (nSPS) is 12.9. The third-order valence-electron chi connectivity index (χ3n) is 3.39. The molecule has 17 heavy (non-hydrogen) atoms. The second-order valence-electron chi connectivity index (χ2n) is 5.04. The highest BCUT2D eigenvalue weighted by Gasteiger charge is 2.18. The molecule has 0 bridgehead atoms. The van der Waals surface area contributed by atoms with E-state index in [1.807, 2.05) is 0 Å².